The number of nitrogens with one attached hydrogen (secondary N) is 4. The molecule has 0 bridgehead atoms. The lowest BCUT2D eigenvalue weighted by atomic mass is 9.95. The fourth-order valence-corrected chi connectivity index (χ4v) is 13.1. The van der Waals surface area contributed by atoms with Gasteiger partial charge in [-0.3, -0.25) is 19.2 Å². The summed E-state index contributed by atoms with van der Waals surface area (Å²) in [7, 11) is 4.31. The monoisotopic (exact) mass is 1240 g/mol. The highest BCUT2D eigenvalue weighted by atomic mass is 19.1. The second-order valence-electron chi connectivity index (χ2n) is 24.5. The van der Waals surface area contributed by atoms with E-state index in [0.717, 1.165) is 179 Å². The summed E-state index contributed by atoms with van der Waals surface area (Å²) in [6.07, 6.45) is 11.4. The number of carbonyl (C=O) groups is 3. The van der Waals surface area contributed by atoms with Gasteiger partial charge in [0.15, 0.2) is 0 Å². The third-order valence-electron chi connectivity index (χ3n) is 18.3. The molecule has 90 heavy (non-hydrogen) atoms. The molecule has 7 heterocycles. The van der Waals surface area contributed by atoms with E-state index >= 15 is 4.39 Å². The van der Waals surface area contributed by atoms with Crippen molar-refractivity contribution in [2.24, 2.45) is 5.73 Å². The van der Waals surface area contributed by atoms with Crippen molar-refractivity contribution in [1.29, 1.82) is 0 Å². The molecule has 0 atom stereocenters. The highest BCUT2D eigenvalue weighted by Gasteiger charge is 2.29. The van der Waals surface area contributed by atoms with Crippen LogP contribution in [0.2, 0.25) is 0 Å². The van der Waals surface area contributed by atoms with Gasteiger partial charge in [-0.15, -0.1) is 0 Å². The number of anilines is 4. The van der Waals surface area contributed by atoms with Gasteiger partial charge in [-0.25, -0.2) is 14.4 Å². The van der Waals surface area contributed by atoms with Crippen molar-refractivity contribution in [2.75, 3.05) is 119 Å². The van der Waals surface area contributed by atoms with E-state index in [1.54, 1.807) is 6.92 Å². The molecule has 2 aromatic carbocycles. The Hall–Kier alpha value is -7.19. The number of carbonyl (C=O) groups excluding carboxylic acids is 3. The molecule has 0 unspecified atom stereocenters. The number of hydrogen-bond donors (Lipinski definition) is 5. The Bertz CT molecular complexity index is 3270. The molecular weight excluding hydrogens is 1140 g/mol. The topological polar surface area (TPSA) is 207 Å². The van der Waals surface area contributed by atoms with Crippen LogP contribution >= 0.6 is 0 Å². The van der Waals surface area contributed by atoms with Gasteiger partial charge in [0.05, 0.1) is 5.69 Å². The summed E-state index contributed by atoms with van der Waals surface area (Å²) in [5, 5.41) is 9.32. The van der Waals surface area contributed by atoms with Crippen LogP contribution < -0.4 is 46.8 Å². The summed E-state index contributed by atoms with van der Waals surface area (Å²) in [4.78, 5) is 76.7. The highest BCUT2D eigenvalue weighted by molar-refractivity contribution is 6.01. The van der Waals surface area contributed by atoms with Crippen LogP contribution in [0.1, 0.15) is 161 Å². The van der Waals surface area contributed by atoms with E-state index in [4.69, 9.17) is 25.2 Å². The third-order valence-corrected chi connectivity index (χ3v) is 18.3. The molecule has 3 aromatic heterocycles. The summed E-state index contributed by atoms with van der Waals surface area (Å²) in [6.45, 7) is 31.7. The number of H-pyrrole nitrogens is 1. The summed E-state index contributed by atoms with van der Waals surface area (Å²) in [6, 6.07) is 17.8. The zero-order valence-corrected chi connectivity index (χ0v) is 56.2. The molecule has 4 aliphatic rings. The van der Waals surface area contributed by atoms with Gasteiger partial charge < -0.3 is 60.6 Å². The van der Waals surface area contributed by atoms with E-state index in [-0.39, 0.29) is 47.6 Å². The van der Waals surface area contributed by atoms with Gasteiger partial charge in [-0.05, 0) is 177 Å². The number of aryl methyl sites for hydroxylation is 1. The molecule has 3 amide bonds. The summed E-state index contributed by atoms with van der Waals surface area (Å²) in [5.74, 6) is 0.261. The SMILES string of the molecule is CC.CCCC(C)=C(CNC(=O)c1cc(-c2ccc(N3CCC(N(C)C)CC3)nc2)cc(N(CC)C2CCOCC2)c1C)C(N)=O.CCN(c1cc(-c2ccc(N3CCNCC3)nc2)cc(C(=O)NCc2c(C(C)C)c(F)c(C)[nH]c2=O)c1C)C1CCOCC1. The minimum atomic E-state index is -0.490. The predicted octanol–water partition coefficient (Wildman–Crippen LogP) is 10.6. The first-order chi connectivity index (χ1) is 43.3. The van der Waals surface area contributed by atoms with E-state index in [1.165, 1.54) is 0 Å². The number of piperazine rings is 1. The van der Waals surface area contributed by atoms with Crippen molar-refractivity contribution in [3.63, 3.8) is 0 Å². The number of piperidine rings is 1. The van der Waals surface area contributed by atoms with E-state index in [1.807, 2.05) is 79.1 Å². The van der Waals surface area contributed by atoms with Crippen molar-refractivity contribution in [2.45, 2.75) is 158 Å². The standard InChI is InChI=1S/C35H52N6O3.C34H45FN6O3.C2H6/c1-7-9-24(3)31(34(36)42)23-38-35(43)30-20-27(21-32(25(30)4)41(8-2)29-14-18-44-19-15-29)26-10-11-33(37-22-26)40-16-12-28(13-17-40)39(5)6;1-6-41(26-9-15-44-16-10-26)29-18-25(24-7-8-30(37-19-24)40-13-11-36-12-14-40)17-27(22(29)4)33(42)38-20-28-31(21(2)3)32(35)23(5)39-34(28)43;1-2/h10-11,20-22,28-29H,7-9,12-19,23H2,1-6H3,(H2,36,42)(H,38,43);7-8,17-19,21,26,36H,6,9-16,20H2,1-5H3,(H,38,42)(H,39,43);1-2H3. The average Bonchev–Trinajstić information content (AvgIpc) is 0.959. The van der Waals surface area contributed by atoms with Gasteiger partial charge in [-0.2, -0.15) is 0 Å². The number of hydrogen-bond acceptors (Lipinski definition) is 14. The molecule has 6 N–H and O–H groups in total. The minimum absolute atomic E-state index is 0.0731. The zero-order chi connectivity index (χ0) is 65.2. The van der Waals surface area contributed by atoms with Gasteiger partial charge in [0.1, 0.15) is 17.5 Å². The second kappa shape index (κ2) is 33.8. The third kappa shape index (κ3) is 17.4. The van der Waals surface area contributed by atoms with E-state index < -0.39 is 11.7 Å². The van der Waals surface area contributed by atoms with Crippen LogP contribution in [0, 0.1) is 26.6 Å². The summed E-state index contributed by atoms with van der Waals surface area (Å²) >= 11 is 0. The van der Waals surface area contributed by atoms with Crippen molar-refractivity contribution < 1.29 is 28.2 Å². The Morgan fingerprint density at radius 1 is 0.700 bits per heavy atom. The maximum absolute atomic E-state index is 15.0. The predicted molar refractivity (Wildman–Crippen MR) is 364 cm³/mol. The Morgan fingerprint density at radius 2 is 1.18 bits per heavy atom. The number of halogens is 1. The Balaban J connectivity index is 0.000000249. The quantitative estimate of drug-likeness (QED) is 0.0434. The normalized spacial score (nSPS) is 16.2. The lowest BCUT2D eigenvalue weighted by Gasteiger charge is -2.37. The highest BCUT2D eigenvalue weighted by Crippen LogP contribution is 2.37. The van der Waals surface area contributed by atoms with Gasteiger partial charge in [0, 0.05) is 173 Å². The number of primary amides is 1. The smallest absolute Gasteiger partial charge is 0.253 e. The van der Waals surface area contributed by atoms with Gasteiger partial charge in [-0.1, -0.05) is 46.6 Å². The first-order valence-electron chi connectivity index (χ1n) is 33.1. The number of benzene rings is 2. The fraction of sp³-hybridized carbons (Fsp3) is 0.549. The van der Waals surface area contributed by atoms with Gasteiger partial charge in [0.25, 0.3) is 17.4 Å². The largest absolute Gasteiger partial charge is 0.381 e. The first kappa shape index (κ1) is 70.3. The van der Waals surface area contributed by atoms with E-state index in [2.05, 4.69) is 111 Å². The molecular formula is C71H103FN12O6. The van der Waals surface area contributed by atoms with Gasteiger partial charge >= 0.3 is 0 Å². The molecule has 19 heteroatoms. The second-order valence-corrected chi connectivity index (χ2v) is 24.5. The first-order valence-corrected chi connectivity index (χ1v) is 33.1. The Morgan fingerprint density at radius 3 is 1.60 bits per heavy atom. The summed E-state index contributed by atoms with van der Waals surface area (Å²) < 4.78 is 26.3. The van der Waals surface area contributed by atoms with Crippen LogP contribution in [-0.2, 0) is 20.8 Å². The molecule has 4 saturated heterocycles. The lowest BCUT2D eigenvalue weighted by Crippen LogP contribution is -2.43. The van der Waals surface area contributed by atoms with Gasteiger partial charge in [0.2, 0.25) is 5.91 Å². The van der Waals surface area contributed by atoms with Crippen LogP contribution in [0.5, 0.6) is 0 Å². The molecule has 9 rings (SSSR count). The van der Waals surface area contributed by atoms with Crippen molar-refractivity contribution in [1.82, 2.24) is 35.8 Å². The number of aromatic nitrogens is 3. The Kier molecular flexibility index (Phi) is 26.4. The number of nitrogens with zero attached hydrogens (tertiary/aromatic N) is 7. The molecule has 0 saturated carbocycles. The molecule has 0 aliphatic carbocycles. The number of allylic oxidation sites excluding steroid dienone is 1. The van der Waals surface area contributed by atoms with Crippen LogP contribution in [0.3, 0.4) is 0 Å². The van der Waals surface area contributed by atoms with Crippen molar-refractivity contribution in [3.8, 4) is 22.3 Å². The number of aromatic amines is 1. The molecule has 18 nitrogen and oxygen atoms in total. The van der Waals surface area contributed by atoms with Crippen LogP contribution in [0.15, 0.2) is 76.9 Å². The number of amides is 3. The molecule has 0 spiro atoms. The van der Waals surface area contributed by atoms with E-state index in [9.17, 15) is 19.2 Å². The zero-order valence-electron chi connectivity index (χ0n) is 56.2. The van der Waals surface area contributed by atoms with Crippen LogP contribution in [0.4, 0.5) is 27.4 Å². The maximum Gasteiger partial charge on any atom is 0.253 e. The fourth-order valence-electron chi connectivity index (χ4n) is 13.1. The molecule has 0 radical (unpaired) electrons. The minimum Gasteiger partial charge on any atom is -0.381 e. The van der Waals surface area contributed by atoms with Crippen LogP contribution in [-0.4, -0.2) is 155 Å². The maximum atomic E-state index is 15.0. The average molecular weight is 1240 g/mol. The van der Waals surface area contributed by atoms with Crippen molar-refractivity contribution in [3.05, 3.63) is 127 Å². The summed E-state index contributed by atoms with van der Waals surface area (Å²) in [5.41, 5.74) is 16.1. The van der Waals surface area contributed by atoms with E-state index in [0.29, 0.717) is 53.6 Å². The number of nitrogens with two attached hydrogens (primary N) is 1. The number of rotatable bonds is 21. The number of pyridine rings is 3. The van der Waals surface area contributed by atoms with Crippen molar-refractivity contribution >= 4 is 40.7 Å². The lowest BCUT2D eigenvalue weighted by molar-refractivity contribution is -0.114. The Labute approximate surface area is 535 Å². The molecule has 4 fully saturated rings. The molecule has 4 aliphatic heterocycles. The molecule has 5 aromatic rings. The van der Waals surface area contributed by atoms with Crippen LogP contribution in [0.25, 0.3) is 22.3 Å². The molecule has 490 valence electrons. The number of ether oxygens (including phenoxy) is 2.